The first-order valence-corrected chi connectivity index (χ1v) is 5.99. The fraction of sp³-hybridized carbons (Fsp3) is 0.364. The maximum atomic E-state index is 13.4. The molecule has 0 saturated carbocycles. The average molecular weight is 307 g/mol. The zero-order chi connectivity index (χ0) is 13.0. The van der Waals surface area contributed by atoms with Gasteiger partial charge in [-0.25, -0.2) is 13.6 Å². The summed E-state index contributed by atoms with van der Waals surface area (Å²) < 4.78 is 26.7. The minimum atomic E-state index is -0.682. The molecule has 3 nitrogen and oxygen atoms in total. The Kier molecular flexibility index (Phi) is 4.86. The number of rotatable bonds is 3. The van der Waals surface area contributed by atoms with E-state index in [9.17, 15) is 13.6 Å². The fourth-order valence-electron chi connectivity index (χ4n) is 1.32. The van der Waals surface area contributed by atoms with Gasteiger partial charge in [-0.3, -0.25) is 0 Å². The molecular weight excluding hydrogens is 294 g/mol. The summed E-state index contributed by atoms with van der Waals surface area (Å²) in [5.41, 5.74) is -0.164. The van der Waals surface area contributed by atoms with Crippen molar-refractivity contribution in [3.8, 4) is 0 Å². The van der Waals surface area contributed by atoms with Crippen LogP contribution in [0, 0.1) is 11.6 Å². The number of urea groups is 1. The van der Waals surface area contributed by atoms with Crippen molar-refractivity contribution in [1.29, 1.82) is 0 Å². The number of carbonyl (C=O) groups is 1. The molecule has 1 aromatic rings. The Balaban J connectivity index is 2.88. The van der Waals surface area contributed by atoms with Crippen molar-refractivity contribution in [3.63, 3.8) is 0 Å². The molecule has 0 aliphatic carbocycles. The molecule has 1 aromatic carbocycles. The van der Waals surface area contributed by atoms with E-state index in [-0.39, 0.29) is 10.2 Å². The molecule has 0 fully saturated rings. The molecule has 0 radical (unpaired) electrons. The standard InChI is InChI=1S/C11H13BrF2N2O/c1-3-16(4-2)11(17)15-10-6-8(13)7(12)5-9(10)14/h5-6H,3-4H2,1-2H3,(H,15,17). The van der Waals surface area contributed by atoms with Gasteiger partial charge in [0, 0.05) is 19.2 Å². The number of anilines is 1. The lowest BCUT2D eigenvalue weighted by atomic mass is 10.3. The second-order valence-electron chi connectivity index (χ2n) is 3.35. The van der Waals surface area contributed by atoms with Gasteiger partial charge in [0.25, 0.3) is 0 Å². The van der Waals surface area contributed by atoms with Crippen LogP contribution in [0.3, 0.4) is 0 Å². The summed E-state index contributed by atoms with van der Waals surface area (Å²) in [5.74, 6) is -1.31. The van der Waals surface area contributed by atoms with Crippen LogP contribution in [0.1, 0.15) is 13.8 Å². The largest absolute Gasteiger partial charge is 0.325 e. The van der Waals surface area contributed by atoms with Crippen molar-refractivity contribution in [2.75, 3.05) is 18.4 Å². The SMILES string of the molecule is CCN(CC)C(=O)Nc1cc(F)c(Br)cc1F. The highest BCUT2D eigenvalue weighted by molar-refractivity contribution is 9.10. The predicted octanol–water partition coefficient (Wildman–Crippen LogP) is 3.60. The van der Waals surface area contributed by atoms with Gasteiger partial charge in [0.1, 0.15) is 11.6 Å². The van der Waals surface area contributed by atoms with Crippen molar-refractivity contribution >= 4 is 27.6 Å². The summed E-state index contributed by atoms with van der Waals surface area (Å²) in [6.45, 7) is 4.62. The van der Waals surface area contributed by atoms with Gasteiger partial charge < -0.3 is 10.2 Å². The zero-order valence-corrected chi connectivity index (χ0v) is 11.1. The molecular formula is C11H13BrF2N2O. The lowest BCUT2D eigenvalue weighted by Crippen LogP contribution is -2.34. The van der Waals surface area contributed by atoms with Crippen LogP contribution >= 0.6 is 15.9 Å². The maximum Gasteiger partial charge on any atom is 0.321 e. The van der Waals surface area contributed by atoms with Gasteiger partial charge in [-0.1, -0.05) is 0 Å². The molecule has 0 atom stereocenters. The minimum absolute atomic E-state index is 0.0239. The van der Waals surface area contributed by atoms with E-state index in [1.807, 2.05) is 13.8 Å². The van der Waals surface area contributed by atoms with Crippen LogP contribution in [-0.2, 0) is 0 Å². The lowest BCUT2D eigenvalue weighted by Gasteiger charge is -2.19. The number of benzene rings is 1. The highest BCUT2D eigenvalue weighted by Crippen LogP contribution is 2.23. The average Bonchev–Trinajstić information content (AvgIpc) is 2.27. The highest BCUT2D eigenvalue weighted by Gasteiger charge is 2.14. The van der Waals surface area contributed by atoms with Gasteiger partial charge >= 0.3 is 6.03 Å². The Morgan fingerprint density at radius 3 is 2.41 bits per heavy atom. The molecule has 0 aliphatic rings. The fourth-order valence-corrected chi connectivity index (χ4v) is 1.64. The number of halogens is 3. The smallest absolute Gasteiger partial charge is 0.321 e. The van der Waals surface area contributed by atoms with E-state index in [2.05, 4.69) is 21.2 Å². The molecule has 0 unspecified atom stereocenters. The number of hydrogen-bond acceptors (Lipinski definition) is 1. The third-order valence-corrected chi connectivity index (χ3v) is 2.91. The molecule has 0 heterocycles. The maximum absolute atomic E-state index is 13.4. The van der Waals surface area contributed by atoms with Gasteiger partial charge in [-0.05, 0) is 35.8 Å². The summed E-state index contributed by atoms with van der Waals surface area (Å²) in [6.07, 6.45) is 0. The van der Waals surface area contributed by atoms with E-state index in [4.69, 9.17) is 0 Å². The molecule has 94 valence electrons. The van der Waals surface area contributed by atoms with Crippen molar-refractivity contribution < 1.29 is 13.6 Å². The van der Waals surface area contributed by atoms with E-state index in [1.165, 1.54) is 4.90 Å². The molecule has 0 saturated heterocycles. The number of nitrogens with one attached hydrogen (secondary N) is 1. The lowest BCUT2D eigenvalue weighted by molar-refractivity contribution is 0.217. The van der Waals surface area contributed by atoms with Gasteiger partial charge in [0.2, 0.25) is 0 Å². The molecule has 2 amide bonds. The van der Waals surface area contributed by atoms with Gasteiger partial charge in [0.05, 0.1) is 10.2 Å². The molecule has 6 heteroatoms. The zero-order valence-electron chi connectivity index (χ0n) is 9.56. The second kappa shape index (κ2) is 5.95. The van der Waals surface area contributed by atoms with Crippen molar-refractivity contribution in [2.24, 2.45) is 0 Å². The number of amides is 2. The molecule has 1 N–H and O–H groups in total. The molecule has 1 rings (SSSR count). The summed E-state index contributed by atoms with van der Waals surface area (Å²) in [4.78, 5) is 13.1. The number of nitrogens with zero attached hydrogens (tertiary/aromatic N) is 1. The van der Waals surface area contributed by atoms with Gasteiger partial charge in [-0.15, -0.1) is 0 Å². The Hall–Kier alpha value is -1.17. The molecule has 0 aliphatic heterocycles. The Morgan fingerprint density at radius 2 is 1.88 bits per heavy atom. The van der Waals surface area contributed by atoms with Crippen molar-refractivity contribution in [2.45, 2.75) is 13.8 Å². The Morgan fingerprint density at radius 1 is 1.29 bits per heavy atom. The first-order chi connectivity index (χ1) is 7.99. The van der Waals surface area contributed by atoms with Crippen molar-refractivity contribution in [3.05, 3.63) is 28.2 Å². The monoisotopic (exact) mass is 306 g/mol. The van der Waals surface area contributed by atoms with Crippen LogP contribution < -0.4 is 5.32 Å². The first kappa shape index (κ1) is 13.9. The van der Waals surface area contributed by atoms with Crippen LogP contribution in [0.25, 0.3) is 0 Å². The van der Waals surface area contributed by atoms with E-state index < -0.39 is 17.7 Å². The topological polar surface area (TPSA) is 32.3 Å². The molecule has 0 bridgehead atoms. The third-order valence-electron chi connectivity index (χ3n) is 2.30. The van der Waals surface area contributed by atoms with Crippen LogP contribution in [0.2, 0.25) is 0 Å². The second-order valence-corrected chi connectivity index (χ2v) is 4.20. The summed E-state index contributed by atoms with van der Waals surface area (Å²) in [5, 5.41) is 2.33. The van der Waals surface area contributed by atoms with E-state index >= 15 is 0 Å². The predicted molar refractivity (Wildman–Crippen MR) is 66.0 cm³/mol. The van der Waals surface area contributed by atoms with E-state index in [1.54, 1.807) is 0 Å². The quantitative estimate of drug-likeness (QED) is 0.850. The summed E-state index contributed by atoms with van der Waals surface area (Å²) in [7, 11) is 0. The first-order valence-electron chi connectivity index (χ1n) is 5.20. The Labute approximate surface area is 107 Å². The molecule has 17 heavy (non-hydrogen) atoms. The number of hydrogen-bond donors (Lipinski definition) is 1. The molecule has 0 spiro atoms. The Bertz CT molecular complexity index is 422. The van der Waals surface area contributed by atoms with Gasteiger partial charge in [-0.2, -0.15) is 0 Å². The number of carbonyl (C=O) groups excluding carboxylic acids is 1. The van der Waals surface area contributed by atoms with Crippen LogP contribution in [0.5, 0.6) is 0 Å². The van der Waals surface area contributed by atoms with Crippen LogP contribution in [0.15, 0.2) is 16.6 Å². The van der Waals surface area contributed by atoms with Crippen molar-refractivity contribution in [1.82, 2.24) is 4.90 Å². The molecule has 0 aromatic heterocycles. The van der Waals surface area contributed by atoms with E-state index in [0.717, 1.165) is 12.1 Å². The van der Waals surface area contributed by atoms with E-state index in [0.29, 0.717) is 13.1 Å². The van der Waals surface area contributed by atoms with Crippen LogP contribution in [-0.4, -0.2) is 24.0 Å². The van der Waals surface area contributed by atoms with Gasteiger partial charge in [0.15, 0.2) is 0 Å². The minimum Gasteiger partial charge on any atom is -0.325 e. The highest BCUT2D eigenvalue weighted by atomic mass is 79.9. The third kappa shape index (κ3) is 3.39. The normalized spacial score (nSPS) is 10.2. The summed E-state index contributed by atoms with van der Waals surface area (Å²) >= 11 is 2.86. The van der Waals surface area contributed by atoms with Crippen LogP contribution in [0.4, 0.5) is 19.3 Å². The summed E-state index contributed by atoms with van der Waals surface area (Å²) in [6, 6.07) is 1.48.